The summed E-state index contributed by atoms with van der Waals surface area (Å²) >= 11 is 0. The summed E-state index contributed by atoms with van der Waals surface area (Å²) in [6.07, 6.45) is 0. The Morgan fingerprint density at radius 2 is 2.00 bits per heavy atom. The van der Waals surface area contributed by atoms with Crippen LogP contribution in [0.25, 0.3) is 11.0 Å². The van der Waals surface area contributed by atoms with E-state index in [9.17, 15) is 0 Å². The first-order valence-corrected chi connectivity index (χ1v) is 5.36. The minimum absolute atomic E-state index is 0.558. The second kappa shape index (κ2) is 3.67. The van der Waals surface area contributed by atoms with Crippen LogP contribution in [0.5, 0.6) is 0 Å². The van der Waals surface area contributed by atoms with Gasteiger partial charge in [0.1, 0.15) is 0 Å². The van der Waals surface area contributed by atoms with Crippen molar-refractivity contribution in [3.8, 4) is 0 Å². The van der Waals surface area contributed by atoms with Crippen LogP contribution in [0.3, 0.4) is 0 Å². The number of imidazole rings is 1. The minimum atomic E-state index is 0.558. The highest BCUT2D eigenvalue weighted by atomic mass is 15.1. The third-order valence-electron chi connectivity index (χ3n) is 2.82. The van der Waals surface area contributed by atoms with Gasteiger partial charge in [0.05, 0.1) is 11.0 Å². The molecular weight excluding hydrogens is 198 g/mol. The Labute approximate surface area is 95.6 Å². The molecule has 3 nitrogen and oxygen atoms in total. The van der Waals surface area contributed by atoms with Crippen molar-refractivity contribution in [3.05, 3.63) is 35.4 Å². The van der Waals surface area contributed by atoms with Crippen molar-refractivity contribution in [1.29, 1.82) is 0 Å². The maximum absolute atomic E-state index is 5.91. The van der Waals surface area contributed by atoms with Gasteiger partial charge in [0, 0.05) is 6.54 Å². The van der Waals surface area contributed by atoms with Crippen molar-refractivity contribution in [2.45, 2.75) is 27.3 Å². The summed E-state index contributed by atoms with van der Waals surface area (Å²) in [4.78, 5) is 4.37. The first-order valence-electron chi connectivity index (χ1n) is 5.36. The molecule has 0 unspecified atom stereocenters. The zero-order valence-electron chi connectivity index (χ0n) is 10.0. The van der Waals surface area contributed by atoms with Crippen LogP contribution in [-0.2, 0) is 6.54 Å². The van der Waals surface area contributed by atoms with Crippen molar-refractivity contribution >= 4 is 17.0 Å². The monoisotopic (exact) mass is 215 g/mol. The van der Waals surface area contributed by atoms with Gasteiger partial charge in [0.2, 0.25) is 5.95 Å². The number of aromatic nitrogens is 2. The SMILES string of the molecule is C=C(C)Cn1c(N)nc2cc(C)c(C)cc21. The maximum atomic E-state index is 5.91. The number of allylic oxidation sites excluding steroid dienone is 1. The summed E-state index contributed by atoms with van der Waals surface area (Å²) in [6, 6.07) is 4.22. The van der Waals surface area contributed by atoms with Crippen molar-refractivity contribution < 1.29 is 0 Å². The van der Waals surface area contributed by atoms with E-state index in [4.69, 9.17) is 5.73 Å². The van der Waals surface area contributed by atoms with Crippen LogP contribution in [0.2, 0.25) is 0 Å². The van der Waals surface area contributed by atoms with Crippen LogP contribution in [0.1, 0.15) is 18.1 Å². The summed E-state index contributed by atoms with van der Waals surface area (Å²) < 4.78 is 2.00. The molecule has 1 aromatic carbocycles. The van der Waals surface area contributed by atoms with E-state index in [2.05, 4.69) is 37.5 Å². The van der Waals surface area contributed by atoms with Gasteiger partial charge in [0.25, 0.3) is 0 Å². The lowest BCUT2D eigenvalue weighted by atomic mass is 10.1. The number of nitrogen functional groups attached to an aromatic ring is 1. The maximum Gasteiger partial charge on any atom is 0.201 e. The third kappa shape index (κ3) is 1.69. The standard InChI is InChI=1S/C13H17N3/c1-8(2)7-16-12-6-10(4)9(3)5-11(12)15-13(16)14/h5-6H,1,7H2,2-4H3,(H2,14,15). The number of nitrogens with zero attached hydrogens (tertiary/aromatic N) is 2. The van der Waals surface area contributed by atoms with Crippen molar-refractivity contribution in [3.63, 3.8) is 0 Å². The number of benzene rings is 1. The lowest BCUT2D eigenvalue weighted by Gasteiger charge is -2.06. The molecule has 2 rings (SSSR count). The largest absolute Gasteiger partial charge is 0.369 e. The molecule has 0 aliphatic heterocycles. The van der Waals surface area contributed by atoms with Crippen LogP contribution in [0, 0.1) is 13.8 Å². The normalized spacial score (nSPS) is 10.9. The second-order valence-electron chi connectivity index (χ2n) is 4.44. The molecule has 3 heteroatoms. The summed E-state index contributed by atoms with van der Waals surface area (Å²) in [5.74, 6) is 0.558. The Morgan fingerprint density at radius 1 is 1.38 bits per heavy atom. The molecule has 2 N–H and O–H groups in total. The van der Waals surface area contributed by atoms with E-state index in [0.717, 1.165) is 23.2 Å². The molecule has 0 aliphatic rings. The van der Waals surface area contributed by atoms with Gasteiger partial charge in [-0.2, -0.15) is 0 Å². The quantitative estimate of drug-likeness (QED) is 0.783. The van der Waals surface area contributed by atoms with Gasteiger partial charge in [-0.25, -0.2) is 4.98 Å². The van der Waals surface area contributed by atoms with E-state index in [1.54, 1.807) is 0 Å². The average molecular weight is 215 g/mol. The zero-order chi connectivity index (χ0) is 11.9. The Kier molecular flexibility index (Phi) is 2.46. The van der Waals surface area contributed by atoms with Crippen LogP contribution >= 0.6 is 0 Å². The summed E-state index contributed by atoms with van der Waals surface area (Å²) in [6.45, 7) is 10.8. The van der Waals surface area contributed by atoms with Crippen LogP contribution in [0.15, 0.2) is 24.3 Å². The number of aryl methyl sites for hydroxylation is 2. The van der Waals surface area contributed by atoms with E-state index >= 15 is 0 Å². The molecule has 0 radical (unpaired) electrons. The van der Waals surface area contributed by atoms with Crippen LogP contribution in [-0.4, -0.2) is 9.55 Å². The van der Waals surface area contributed by atoms with E-state index < -0.39 is 0 Å². The number of anilines is 1. The third-order valence-corrected chi connectivity index (χ3v) is 2.82. The van der Waals surface area contributed by atoms with Crippen molar-refractivity contribution in [1.82, 2.24) is 9.55 Å². The molecule has 84 valence electrons. The molecular formula is C13H17N3. The van der Waals surface area contributed by atoms with E-state index in [0.29, 0.717) is 5.95 Å². The van der Waals surface area contributed by atoms with Crippen LogP contribution < -0.4 is 5.73 Å². The lowest BCUT2D eigenvalue weighted by Crippen LogP contribution is -2.03. The molecule has 0 saturated carbocycles. The fourth-order valence-electron chi connectivity index (χ4n) is 1.83. The molecule has 0 bridgehead atoms. The summed E-state index contributed by atoms with van der Waals surface area (Å²) in [5, 5.41) is 0. The Balaban J connectivity index is 2.68. The number of rotatable bonds is 2. The number of hydrogen-bond donors (Lipinski definition) is 1. The van der Waals surface area contributed by atoms with E-state index in [-0.39, 0.29) is 0 Å². The zero-order valence-corrected chi connectivity index (χ0v) is 10.0. The first kappa shape index (κ1) is 10.7. The van der Waals surface area contributed by atoms with Crippen molar-refractivity contribution in [2.24, 2.45) is 0 Å². The Morgan fingerprint density at radius 3 is 2.62 bits per heavy atom. The first-order chi connectivity index (χ1) is 7.49. The highest BCUT2D eigenvalue weighted by Gasteiger charge is 2.09. The van der Waals surface area contributed by atoms with Gasteiger partial charge in [-0.15, -0.1) is 0 Å². The van der Waals surface area contributed by atoms with Gasteiger partial charge in [-0.05, 0) is 44.0 Å². The van der Waals surface area contributed by atoms with Crippen molar-refractivity contribution in [2.75, 3.05) is 5.73 Å². The Hall–Kier alpha value is -1.77. The predicted octanol–water partition coefficient (Wildman–Crippen LogP) is 2.81. The molecule has 0 aliphatic carbocycles. The fraction of sp³-hybridized carbons (Fsp3) is 0.308. The molecule has 0 amide bonds. The molecule has 16 heavy (non-hydrogen) atoms. The van der Waals surface area contributed by atoms with Gasteiger partial charge >= 0.3 is 0 Å². The topological polar surface area (TPSA) is 43.8 Å². The second-order valence-corrected chi connectivity index (χ2v) is 4.44. The fourth-order valence-corrected chi connectivity index (χ4v) is 1.83. The molecule has 0 atom stereocenters. The van der Waals surface area contributed by atoms with E-state index in [1.807, 2.05) is 11.5 Å². The number of fused-ring (bicyclic) bond motifs is 1. The molecule has 0 saturated heterocycles. The number of hydrogen-bond acceptors (Lipinski definition) is 2. The highest BCUT2D eigenvalue weighted by molar-refractivity contribution is 5.80. The van der Waals surface area contributed by atoms with Gasteiger partial charge < -0.3 is 10.3 Å². The molecule has 0 fully saturated rings. The average Bonchev–Trinajstić information content (AvgIpc) is 2.45. The van der Waals surface area contributed by atoms with E-state index in [1.165, 1.54) is 11.1 Å². The summed E-state index contributed by atoms with van der Waals surface area (Å²) in [7, 11) is 0. The van der Waals surface area contributed by atoms with Gasteiger partial charge in [-0.3, -0.25) is 0 Å². The Bertz CT molecular complexity index is 564. The smallest absolute Gasteiger partial charge is 0.201 e. The van der Waals surface area contributed by atoms with Gasteiger partial charge in [0.15, 0.2) is 0 Å². The highest BCUT2D eigenvalue weighted by Crippen LogP contribution is 2.22. The predicted molar refractivity (Wildman–Crippen MR) is 68.4 cm³/mol. The van der Waals surface area contributed by atoms with Crippen LogP contribution in [0.4, 0.5) is 5.95 Å². The molecule has 0 spiro atoms. The molecule has 1 heterocycles. The molecule has 2 aromatic rings. The lowest BCUT2D eigenvalue weighted by molar-refractivity contribution is 0.824. The molecule has 1 aromatic heterocycles. The summed E-state index contributed by atoms with van der Waals surface area (Å²) in [5.41, 5.74) is 11.5. The minimum Gasteiger partial charge on any atom is -0.369 e. The van der Waals surface area contributed by atoms with Gasteiger partial charge in [-0.1, -0.05) is 12.2 Å². The number of nitrogens with two attached hydrogens (primary N) is 1.